The number of benzene rings is 1. The quantitative estimate of drug-likeness (QED) is 0.744. The molecule has 5 nitrogen and oxygen atoms in total. The molecule has 0 amide bonds. The molecule has 0 bridgehead atoms. The van der Waals surface area contributed by atoms with Crippen LogP contribution in [0.2, 0.25) is 5.02 Å². The van der Waals surface area contributed by atoms with E-state index >= 15 is 0 Å². The van der Waals surface area contributed by atoms with Crippen LogP contribution in [0.4, 0.5) is 0 Å². The van der Waals surface area contributed by atoms with Crippen molar-refractivity contribution >= 4 is 11.6 Å². The fourth-order valence-corrected chi connectivity index (χ4v) is 1.47. The van der Waals surface area contributed by atoms with Crippen molar-refractivity contribution < 1.29 is 5.11 Å². The zero-order valence-corrected chi connectivity index (χ0v) is 9.15. The molecule has 0 aliphatic heterocycles. The first-order valence-electron chi connectivity index (χ1n) is 4.74. The number of aliphatic hydroxyl groups is 1. The van der Waals surface area contributed by atoms with Crippen LogP contribution in [0.1, 0.15) is 23.3 Å². The average Bonchev–Trinajstić information content (AvgIpc) is 2.77. The van der Waals surface area contributed by atoms with E-state index < -0.39 is 6.04 Å². The van der Waals surface area contributed by atoms with E-state index in [1.165, 1.54) is 0 Å². The number of rotatable bonds is 3. The molecule has 1 atom stereocenters. The molecule has 0 spiro atoms. The number of halogens is 1. The molecule has 0 aliphatic rings. The van der Waals surface area contributed by atoms with Crippen molar-refractivity contribution in [3.63, 3.8) is 0 Å². The van der Waals surface area contributed by atoms with Crippen molar-refractivity contribution in [2.45, 2.75) is 12.6 Å². The van der Waals surface area contributed by atoms with Crippen LogP contribution in [-0.2, 0) is 6.61 Å². The highest BCUT2D eigenvalue weighted by Crippen LogP contribution is 2.18. The first-order chi connectivity index (χ1) is 7.70. The van der Waals surface area contributed by atoms with E-state index in [0.717, 1.165) is 5.56 Å². The normalized spacial score (nSPS) is 12.7. The molecule has 2 aromatic rings. The highest BCUT2D eigenvalue weighted by molar-refractivity contribution is 6.30. The minimum absolute atomic E-state index is 0.180. The monoisotopic (exact) mass is 238 g/mol. The third kappa shape index (κ3) is 2.21. The molecule has 0 radical (unpaired) electrons. The molecule has 16 heavy (non-hydrogen) atoms. The molecule has 0 fully saturated rings. The number of hydrogen-bond donors (Lipinski definition) is 3. The molecular weight excluding hydrogens is 228 g/mol. The summed E-state index contributed by atoms with van der Waals surface area (Å²) in [5, 5.41) is 16.0. The third-order valence-electron chi connectivity index (χ3n) is 2.21. The van der Waals surface area contributed by atoms with Crippen LogP contribution in [0.3, 0.4) is 0 Å². The first kappa shape index (κ1) is 11.1. The van der Waals surface area contributed by atoms with Crippen LogP contribution < -0.4 is 5.73 Å². The van der Waals surface area contributed by atoms with Crippen LogP contribution >= 0.6 is 11.6 Å². The van der Waals surface area contributed by atoms with E-state index in [9.17, 15) is 0 Å². The van der Waals surface area contributed by atoms with Gasteiger partial charge in [0.25, 0.3) is 0 Å². The maximum Gasteiger partial charge on any atom is 0.171 e. The Kier molecular flexibility index (Phi) is 3.19. The summed E-state index contributed by atoms with van der Waals surface area (Å²) in [5.41, 5.74) is 6.83. The SMILES string of the molecule is N[C@@H](c1ccc(Cl)cc1)c1n[nH]c(CO)n1. The highest BCUT2D eigenvalue weighted by atomic mass is 35.5. The van der Waals surface area contributed by atoms with E-state index in [2.05, 4.69) is 15.2 Å². The second kappa shape index (κ2) is 4.61. The Bertz CT molecular complexity index is 468. The summed E-state index contributed by atoms with van der Waals surface area (Å²) < 4.78 is 0. The van der Waals surface area contributed by atoms with Gasteiger partial charge in [-0.15, -0.1) is 0 Å². The van der Waals surface area contributed by atoms with Crippen LogP contribution in [0, 0.1) is 0 Å². The van der Waals surface area contributed by atoms with Gasteiger partial charge < -0.3 is 10.8 Å². The van der Waals surface area contributed by atoms with Gasteiger partial charge in [0.2, 0.25) is 0 Å². The standard InChI is InChI=1S/C10H11ClN4O/c11-7-3-1-6(2-4-7)9(12)10-13-8(5-16)14-15-10/h1-4,9,16H,5,12H2,(H,13,14,15)/t9-/m0/s1. The summed E-state index contributed by atoms with van der Waals surface area (Å²) in [6.07, 6.45) is 0. The van der Waals surface area contributed by atoms with Gasteiger partial charge in [-0.3, -0.25) is 5.10 Å². The van der Waals surface area contributed by atoms with Crippen molar-refractivity contribution in [2.24, 2.45) is 5.73 Å². The Labute approximate surface area is 97.3 Å². The summed E-state index contributed by atoms with van der Waals surface area (Å²) >= 11 is 5.78. The number of nitrogens with zero attached hydrogens (tertiary/aromatic N) is 2. The van der Waals surface area contributed by atoms with Gasteiger partial charge in [0.1, 0.15) is 12.4 Å². The Morgan fingerprint density at radius 3 is 2.62 bits per heavy atom. The number of nitrogens with two attached hydrogens (primary N) is 1. The largest absolute Gasteiger partial charge is 0.388 e. The molecule has 6 heteroatoms. The van der Waals surface area contributed by atoms with E-state index in [1.54, 1.807) is 12.1 Å². The van der Waals surface area contributed by atoms with Gasteiger partial charge >= 0.3 is 0 Å². The van der Waals surface area contributed by atoms with Crippen molar-refractivity contribution in [3.05, 3.63) is 46.5 Å². The minimum atomic E-state index is -0.422. The van der Waals surface area contributed by atoms with Gasteiger partial charge in [0.15, 0.2) is 5.82 Å². The van der Waals surface area contributed by atoms with Crippen LogP contribution in [-0.4, -0.2) is 20.3 Å². The zero-order valence-electron chi connectivity index (χ0n) is 8.39. The number of H-pyrrole nitrogens is 1. The average molecular weight is 239 g/mol. The molecular formula is C10H11ClN4O. The number of hydrogen-bond acceptors (Lipinski definition) is 4. The predicted octanol–water partition coefficient (Wildman–Crippen LogP) is 0.999. The lowest BCUT2D eigenvalue weighted by molar-refractivity contribution is 0.271. The molecule has 1 aromatic carbocycles. The van der Waals surface area contributed by atoms with E-state index in [4.69, 9.17) is 22.4 Å². The van der Waals surface area contributed by atoms with E-state index in [0.29, 0.717) is 16.7 Å². The first-order valence-corrected chi connectivity index (χ1v) is 5.11. The molecule has 1 heterocycles. The van der Waals surface area contributed by atoms with Gasteiger partial charge in [0.05, 0.1) is 6.04 Å². The molecule has 0 unspecified atom stereocenters. The molecule has 0 saturated heterocycles. The summed E-state index contributed by atoms with van der Waals surface area (Å²) in [5.74, 6) is 0.853. The van der Waals surface area contributed by atoms with Gasteiger partial charge in [-0.05, 0) is 17.7 Å². The topological polar surface area (TPSA) is 87.8 Å². The fraction of sp³-hybridized carbons (Fsp3) is 0.200. The number of nitrogens with one attached hydrogen (secondary N) is 1. The Hall–Kier alpha value is -1.43. The number of aromatic nitrogens is 3. The summed E-state index contributed by atoms with van der Waals surface area (Å²) in [4.78, 5) is 4.05. The minimum Gasteiger partial charge on any atom is -0.388 e. The zero-order chi connectivity index (χ0) is 11.5. The number of aromatic amines is 1. The van der Waals surface area contributed by atoms with Crippen LogP contribution in [0.15, 0.2) is 24.3 Å². The third-order valence-corrected chi connectivity index (χ3v) is 2.46. The van der Waals surface area contributed by atoms with Crippen LogP contribution in [0.25, 0.3) is 0 Å². The van der Waals surface area contributed by atoms with Crippen molar-refractivity contribution in [3.8, 4) is 0 Å². The Morgan fingerprint density at radius 1 is 1.38 bits per heavy atom. The molecule has 4 N–H and O–H groups in total. The Balaban J connectivity index is 2.24. The number of aliphatic hydroxyl groups excluding tert-OH is 1. The van der Waals surface area contributed by atoms with Gasteiger partial charge in [-0.25, -0.2) is 4.98 Å². The van der Waals surface area contributed by atoms with Crippen LogP contribution in [0.5, 0.6) is 0 Å². The van der Waals surface area contributed by atoms with Gasteiger partial charge in [-0.2, -0.15) is 5.10 Å². The maximum atomic E-state index is 8.85. The second-order valence-corrected chi connectivity index (χ2v) is 3.76. The molecule has 84 valence electrons. The highest BCUT2D eigenvalue weighted by Gasteiger charge is 2.13. The molecule has 2 rings (SSSR count). The van der Waals surface area contributed by atoms with E-state index in [1.807, 2.05) is 12.1 Å². The van der Waals surface area contributed by atoms with Crippen molar-refractivity contribution in [1.82, 2.24) is 15.2 Å². The van der Waals surface area contributed by atoms with E-state index in [-0.39, 0.29) is 6.61 Å². The van der Waals surface area contributed by atoms with Crippen molar-refractivity contribution in [1.29, 1.82) is 0 Å². The predicted molar refractivity (Wildman–Crippen MR) is 59.8 cm³/mol. The molecule has 0 saturated carbocycles. The Morgan fingerprint density at radius 2 is 2.06 bits per heavy atom. The smallest absolute Gasteiger partial charge is 0.171 e. The summed E-state index contributed by atoms with van der Waals surface area (Å²) in [6.45, 7) is -0.180. The maximum absolute atomic E-state index is 8.85. The molecule has 0 aliphatic carbocycles. The lowest BCUT2D eigenvalue weighted by Gasteiger charge is -2.07. The van der Waals surface area contributed by atoms with Gasteiger partial charge in [0, 0.05) is 5.02 Å². The lowest BCUT2D eigenvalue weighted by atomic mass is 10.1. The lowest BCUT2D eigenvalue weighted by Crippen LogP contribution is -2.13. The van der Waals surface area contributed by atoms with Gasteiger partial charge in [-0.1, -0.05) is 23.7 Å². The fourth-order valence-electron chi connectivity index (χ4n) is 1.34. The summed E-state index contributed by atoms with van der Waals surface area (Å²) in [7, 11) is 0. The molecule has 1 aromatic heterocycles. The van der Waals surface area contributed by atoms with Crippen molar-refractivity contribution in [2.75, 3.05) is 0 Å². The second-order valence-electron chi connectivity index (χ2n) is 3.33. The summed E-state index contributed by atoms with van der Waals surface area (Å²) in [6, 6.07) is 6.74.